The molecule has 0 radical (unpaired) electrons. The van der Waals surface area contributed by atoms with Gasteiger partial charge in [0.05, 0.1) is 11.5 Å². The van der Waals surface area contributed by atoms with Crippen molar-refractivity contribution in [1.29, 1.82) is 0 Å². The fourth-order valence-electron chi connectivity index (χ4n) is 2.53. The second kappa shape index (κ2) is 8.33. The van der Waals surface area contributed by atoms with Gasteiger partial charge in [-0.05, 0) is 56.3 Å². The Labute approximate surface area is 154 Å². The third-order valence-electron chi connectivity index (χ3n) is 4.02. The molecule has 2 rings (SSSR count). The van der Waals surface area contributed by atoms with Crippen molar-refractivity contribution >= 4 is 15.9 Å². The van der Waals surface area contributed by atoms with Gasteiger partial charge in [-0.15, -0.1) is 0 Å². The summed E-state index contributed by atoms with van der Waals surface area (Å²) in [5.41, 5.74) is 2.05. The number of rotatable bonds is 7. The summed E-state index contributed by atoms with van der Waals surface area (Å²) in [7, 11) is -0.567. The Morgan fingerprint density at radius 2 is 1.81 bits per heavy atom. The van der Waals surface area contributed by atoms with Gasteiger partial charge in [0.2, 0.25) is 10.0 Å². The average Bonchev–Trinajstić information content (AvgIpc) is 2.63. The molecule has 0 aliphatic rings. The molecule has 2 aromatic rings. The summed E-state index contributed by atoms with van der Waals surface area (Å²) >= 11 is 0. The molecule has 1 amide bonds. The van der Waals surface area contributed by atoms with Gasteiger partial charge in [-0.1, -0.05) is 18.2 Å². The van der Waals surface area contributed by atoms with Crippen LogP contribution in [-0.4, -0.2) is 39.9 Å². The quantitative estimate of drug-likeness (QED) is 0.806. The molecule has 0 saturated heterocycles. The highest BCUT2D eigenvalue weighted by molar-refractivity contribution is 7.89. The van der Waals surface area contributed by atoms with Gasteiger partial charge in [0.25, 0.3) is 5.91 Å². The maximum Gasteiger partial charge on any atom is 0.254 e. The van der Waals surface area contributed by atoms with Crippen LogP contribution in [0.15, 0.2) is 47.4 Å². The van der Waals surface area contributed by atoms with Crippen LogP contribution >= 0.6 is 0 Å². The third-order valence-corrected chi connectivity index (χ3v) is 5.43. The van der Waals surface area contributed by atoms with Gasteiger partial charge in [-0.3, -0.25) is 4.79 Å². The predicted molar refractivity (Wildman–Crippen MR) is 101 cm³/mol. The van der Waals surface area contributed by atoms with Crippen LogP contribution in [0.2, 0.25) is 0 Å². The smallest absolute Gasteiger partial charge is 0.254 e. The number of aryl methyl sites for hydroxylation is 1. The van der Waals surface area contributed by atoms with Crippen LogP contribution in [0, 0.1) is 6.92 Å². The highest BCUT2D eigenvalue weighted by Crippen LogP contribution is 2.19. The minimum absolute atomic E-state index is 0.0726. The van der Waals surface area contributed by atoms with E-state index in [0.29, 0.717) is 18.7 Å². The lowest BCUT2D eigenvalue weighted by atomic mass is 10.1. The normalized spacial score (nSPS) is 11.2. The molecular formula is C19H24N2O4S. The number of nitrogens with zero attached hydrogens (tertiary/aromatic N) is 1. The van der Waals surface area contributed by atoms with Crippen LogP contribution in [0.1, 0.15) is 28.4 Å². The first-order valence-electron chi connectivity index (χ1n) is 8.30. The molecule has 0 spiro atoms. The molecule has 0 heterocycles. The Bertz CT molecular complexity index is 877. The molecule has 140 valence electrons. The van der Waals surface area contributed by atoms with E-state index < -0.39 is 10.0 Å². The maximum absolute atomic E-state index is 12.8. The van der Waals surface area contributed by atoms with Crippen molar-refractivity contribution < 1.29 is 17.9 Å². The molecular weight excluding hydrogens is 352 g/mol. The van der Waals surface area contributed by atoms with E-state index in [0.717, 1.165) is 16.9 Å². The molecule has 0 bridgehead atoms. The second-order valence-electron chi connectivity index (χ2n) is 5.92. The van der Waals surface area contributed by atoms with Crippen molar-refractivity contribution in [2.45, 2.75) is 25.3 Å². The molecule has 0 saturated carbocycles. The number of sulfonamides is 1. The minimum Gasteiger partial charge on any atom is -0.494 e. The molecule has 1 N–H and O–H groups in total. The highest BCUT2D eigenvalue weighted by atomic mass is 32.2. The maximum atomic E-state index is 12.8. The molecule has 0 atom stereocenters. The number of carbonyl (C=O) groups is 1. The van der Waals surface area contributed by atoms with Crippen LogP contribution < -0.4 is 9.46 Å². The van der Waals surface area contributed by atoms with Gasteiger partial charge in [0.1, 0.15) is 5.75 Å². The number of amides is 1. The van der Waals surface area contributed by atoms with Crippen LogP contribution in [0.5, 0.6) is 5.75 Å². The topological polar surface area (TPSA) is 75.7 Å². The molecule has 7 heteroatoms. The molecule has 0 aliphatic carbocycles. The summed E-state index contributed by atoms with van der Waals surface area (Å²) in [6.07, 6.45) is 0. The van der Waals surface area contributed by atoms with E-state index in [1.807, 2.05) is 31.2 Å². The van der Waals surface area contributed by atoms with E-state index in [-0.39, 0.29) is 10.8 Å². The average molecular weight is 376 g/mol. The lowest BCUT2D eigenvalue weighted by molar-refractivity contribution is 0.0784. The molecule has 2 aromatic carbocycles. The van der Waals surface area contributed by atoms with Gasteiger partial charge >= 0.3 is 0 Å². The van der Waals surface area contributed by atoms with Crippen molar-refractivity contribution in [3.05, 3.63) is 59.2 Å². The lowest BCUT2D eigenvalue weighted by Gasteiger charge is -2.19. The Balaban J connectivity index is 2.21. The Hall–Kier alpha value is -2.38. The fourth-order valence-corrected chi connectivity index (χ4v) is 3.28. The van der Waals surface area contributed by atoms with E-state index >= 15 is 0 Å². The molecule has 0 fully saturated rings. The van der Waals surface area contributed by atoms with Crippen molar-refractivity contribution in [1.82, 2.24) is 9.62 Å². The number of nitrogens with one attached hydrogen (secondary N) is 1. The van der Waals surface area contributed by atoms with Crippen LogP contribution in [0.4, 0.5) is 0 Å². The minimum atomic E-state index is -3.60. The van der Waals surface area contributed by atoms with E-state index in [4.69, 9.17) is 4.74 Å². The van der Waals surface area contributed by atoms with Crippen LogP contribution in [0.25, 0.3) is 0 Å². The van der Waals surface area contributed by atoms with E-state index in [1.54, 1.807) is 24.9 Å². The molecule has 6 nitrogen and oxygen atoms in total. The van der Waals surface area contributed by atoms with E-state index in [1.165, 1.54) is 19.2 Å². The first-order valence-corrected chi connectivity index (χ1v) is 9.78. The predicted octanol–water partition coefficient (Wildman–Crippen LogP) is 2.57. The third kappa shape index (κ3) is 4.62. The van der Waals surface area contributed by atoms with Crippen molar-refractivity contribution in [2.24, 2.45) is 0 Å². The second-order valence-corrected chi connectivity index (χ2v) is 7.81. The molecule has 0 aliphatic heterocycles. The lowest BCUT2D eigenvalue weighted by Crippen LogP contribution is -2.27. The Morgan fingerprint density at radius 3 is 2.38 bits per heavy atom. The zero-order valence-electron chi connectivity index (χ0n) is 15.4. The summed E-state index contributed by atoms with van der Waals surface area (Å²) in [6, 6.07) is 12.1. The standard InChI is InChI=1S/C19H24N2O4S/c1-5-25-16-9-7-15(8-10-16)13-21(4)19(22)18-12-17(11-6-14(18)2)26(23,24)20-3/h6-12,20H,5,13H2,1-4H3. The van der Waals surface area contributed by atoms with Gasteiger partial charge < -0.3 is 9.64 Å². The zero-order chi connectivity index (χ0) is 19.3. The number of ether oxygens (including phenoxy) is 1. The number of carbonyl (C=O) groups excluding carboxylic acids is 1. The Kier molecular flexibility index (Phi) is 6.39. The summed E-state index contributed by atoms with van der Waals surface area (Å²) in [6.45, 7) is 4.72. The largest absolute Gasteiger partial charge is 0.494 e. The summed E-state index contributed by atoms with van der Waals surface area (Å²) in [5, 5.41) is 0. The molecule has 26 heavy (non-hydrogen) atoms. The summed E-state index contributed by atoms with van der Waals surface area (Å²) in [4.78, 5) is 14.4. The SMILES string of the molecule is CCOc1ccc(CN(C)C(=O)c2cc(S(=O)(=O)NC)ccc2C)cc1. The number of hydrogen-bond donors (Lipinski definition) is 1. The summed E-state index contributed by atoms with van der Waals surface area (Å²) in [5.74, 6) is 0.551. The van der Waals surface area contributed by atoms with Crippen molar-refractivity contribution in [2.75, 3.05) is 20.7 Å². The Morgan fingerprint density at radius 1 is 1.15 bits per heavy atom. The fraction of sp³-hybridized carbons (Fsp3) is 0.316. The summed E-state index contributed by atoms with van der Waals surface area (Å²) < 4.78 is 31.6. The van der Waals surface area contributed by atoms with Crippen molar-refractivity contribution in [3.8, 4) is 5.75 Å². The van der Waals surface area contributed by atoms with Crippen LogP contribution in [0.3, 0.4) is 0 Å². The van der Waals surface area contributed by atoms with Crippen molar-refractivity contribution in [3.63, 3.8) is 0 Å². The van der Waals surface area contributed by atoms with Gasteiger partial charge in [0, 0.05) is 19.2 Å². The monoisotopic (exact) mass is 376 g/mol. The zero-order valence-corrected chi connectivity index (χ0v) is 16.3. The molecule has 0 unspecified atom stereocenters. The van der Waals surface area contributed by atoms with Gasteiger partial charge in [-0.2, -0.15) is 0 Å². The van der Waals surface area contributed by atoms with E-state index in [2.05, 4.69) is 4.72 Å². The van der Waals surface area contributed by atoms with E-state index in [9.17, 15) is 13.2 Å². The van der Waals surface area contributed by atoms with Gasteiger partial charge in [-0.25, -0.2) is 13.1 Å². The highest BCUT2D eigenvalue weighted by Gasteiger charge is 2.19. The first kappa shape index (κ1) is 19.9. The molecule has 0 aromatic heterocycles. The van der Waals surface area contributed by atoms with Crippen LogP contribution in [-0.2, 0) is 16.6 Å². The van der Waals surface area contributed by atoms with Gasteiger partial charge in [0.15, 0.2) is 0 Å². The first-order chi connectivity index (χ1) is 12.3. The number of hydrogen-bond acceptors (Lipinski definition) is 4. The number of benzene rings is 2.